The number of rotatable bonds is 2. The number of carbonyl (C=O) groups is 1. The number of esters is 1. The summed E-state index contributed by atoms with van der Waals surface area (Å²) in [5.74, 6) is -0.359. The highest BCUT2D eigenvalue weighted by Crippen LogP contribution is 2.30. The summed E-state index contributed by atoms with van der Waals surface area (Å²) >= 11 is 6.06. The molecule has 0 aliphatic carbocycles. The predicted molar refractivity (Wildman–Crippen MR) is 63.0 cm³/mol. The highest BCUT2D eigenvalue weighted by molar-refractivity contribution is 6.33. The van der Waals surface area contributed by atoms with Gasteiger partial charge in [0.1, 0.15) is 0 Å². The molecule has 1 aliphatic heterocycles. The van der Waals surface area contributed by atoms with Gasteiger partial charge in [-0.2, -0.15) is 0 Å². The predicted octanol–water partition coefficient (Wildman–Crippen LogP) is 1.27. The zero-order valence-corrected chi connectivity index (χ0v) is 9.70. The van der Waals surface area contributed by atoms with Gasteiger partial charge in [0.2, 0.25) is 0 Å². The van der Waals surface area contributed by atoms with Crippen molar-refractivity contribution < 1.29 is 9.53 Å². The van der Waals surface area contributed by atoms with Crippen molar-refractivity contribution in [1.29, 1.82) is 0 Å². The highest BCUT2D eigenvalue weighted by Gasteiger charge is 2.25. The number of anilines is 1. The number of methoxy groups -OCH3 is 1. The number of hydrogen-bond acceptors (Lipinski definition) is 4. The first-order chi connectivity index (χ1) is 7.61. The Balaban J connectivity index is 2.26. The van der Waals surface area contributed by atoms with Gasteiger partial charge in [-0.15, -0.1) is 0 Å². The minimum atomic E-state index is -0.359. The van der Waals surface area contributed by atoms with Crippen LogP contribution in [0.15, 0.2) is 18.2 Å². The minimum Gasteiger partial charge on any atom is -0.465 e. The molecule has 16 heavy (non-hydrogen) atoms. The van der Waals surface area contributed by atoms with Crippen LogP contribution < -0.4 is 10.6 Å². The van der Waals surface area contributed by atoms with Crippen LogP contribution in [0, 0.1) is 0 Å². The van der Waals surface area contributed by atoms with E-state index in [4.69, 9.17) is 17.3 Å². The lowest BCUT2D eigenvalue weighted by molar-refractivity contribution is 0.0601. The smallest absolute Gasteiger partial charge is 0.337 e. The van der Waals surface area contributed by atoms with Crippen molar-refractivity contribution in [2.45, 2.75) is 6.04 Å². The lowest BCUT2D eigenvalue weighted by Crippen LogP contribution is -2.56. The lowest BCUT2D eigenvalue weighted by atomic mass is 10.1. The molecular weight excluding hydrogens is 228 g/mol. The first-order valence-corrected chi connectivity index (χ1v) is 5.38. The maximum absolute atomic E-state index is 11.4. The van der Waals surface area contributed by atoms with Crippen molar-refractivity contribution in [2.75, 3.05) is 25.1 Å². The van der Waals surface area contributed by atoms with E-state index in [9.17, 15) is 4.79 Å². The first-order valence-electron chi connectivity index (χ1n) is 5.00. The molecule has 1 aliphatic rings. The normalized spacial score (nSPS) is 15.8. The van der Waals surface area contributed by atoms with E-state index >= 15 is 0 Å². The molecule has 2 rings (SSSR count). The third-order valence-electron chi connectivity index (χ3n) is 2.62. The number of halogens is 1. The Morgan fingerprint density at radius 3 is 2.81 bits per heavy atom. The van der Waals surface area contributed by atoms with E-state index in [2.05, 4.69) is 4.74 Å². The van der Waals surface area contributed by atoms with Crippen LogP contribution >= 0.6 is 11.6 Å². The molecule has 1 fully saturated rings. The maximum atomic E-state index is 11.4. The molecule has 2 N–H and O–H groups in total. The van der Waals surface area contributed by atoms with Crippen LogP contribution in [0.25, 0.3) is 0 Å². The average Bonchev–Trinajstić information content (AvgIpc) is 2.25. The minimum absolute atomic E-state index is 0.192. The molecule has 1 heterocycles. The van der Waals surface area contributed by atoms with Gasteiger partial charge in [-0.05, 0) is 18.2 Å². The molecule has 5 heteroatoms. The molecule has 0 bridgehead atoms. The Kier molecular flexibility index (Phi) is 3.03. The molecule has 0 amide bonds. The van der Waals surface area contributed by atoms with Crippen LogP contribution in [0.2, 0.25) is 5.02 Å². The molecule has 1 aromatic rings. The number of nitrogens with two attached hydrogens (primary N) is 1. The van der Waals surface area contributed by atoms with E-state index in [-0.39, 0.29) is 12.0 Å². The maximum Gasteiger partial charge on any atom is 0.337 e. The van der Waals surface area contributed by atoms with Crippen molar-refractivity contribution in [2.24, 2.45) is 5.73 Å². The third-order valence-corrected chi connectivity index (χ3v) is 2.94. The van der Waals surface area contributed by atoms with E-state index < -0.39 is 0 Å². The quantitative estimate of drug-likeness (QED) is 0.792. The van der Waals surface area contributed by atoms with Gasteiger partial charge in [0.15, 0.2) is 0 Å². The van der Waals surface area contributed by atoms with Crippen molar-refractivity contribution >= 4 is 23.3 Å². The van der Waals surface area contributed by atoms with Crippen molar-refractivity contribution in [1.82, 2.24) is 0 Å². The van der Waals surface area contributed by atoms with Crippen LogP contribution in [0.5, 0.6) is 0 Å². The Morgan fingerprint density at radius 2 is 2.25 bits per heavy atom. The van der Waals surface area contributed by atoms with E-state index in [1.165, 1.54) is 7.11 Å². The van der Waals surface area contributed by atoms with Gasteiger partial charge in [-0.3, -0.25) is 0 Å². The zero-order chi connectivity index (χ0) is 11.7. The number of hydrogen-bond donors (Lipinski definition) is 1. The fourth-order valence-corrected chi connectivity index (χ4v) is 1.95. The van der Waals surface area contributed by atoms with Gasteiger partial charge < -0.3 is 15.4 Å². The highest BCUT2D eigenvalue weighted by atomic mass is 35.5. The molecule has 1 aromatic carbocycles. The van der Waals surface area contributed by atoms with Crippen LogP contribution in [0.4, 0.5) is 5.69 Å². The summed E-state index contributed by atoms with van der Waals surface area (Å²) in [5.41, 5.74) is 7.05. The topological polar surface area (TPSA) is 55.6 Å². The second-order valence-corrected chi connectivity index (χ2v) is 4.23. The van der Waals surface area contributed by atoms with Crippen molar-refractivity contribution in [3.8, 4) is 0 Å². The second kappa shape index (κ2) is 4.31. The fourth-order valence-electron chi connectivity index (χ4n) is 1.71. The summed E-state index contributed by atoms with van der Waals surface area (Å²) < 4.78 is 4.66. The summed E-state index contributed by atoms with van der Waals surface area (Å²) in [6.07, 6.45) is 0. The number of benzene rings is 1. The third kappa shape index (κ3) is 1.99. The van der Waals surface area contributed by atoms with E-state index in [1.807, 2.05) is 4.90 Å². The Hall–Kier alpha value is -1.26. The molecule has 0 radical (unpaired) electrons. The van der Waals surface area contributed by atoms with Gasteiger partial charge >= 0.3 is 5.97 Å². The molecule has 4 nitrogen and oxygen atoms in total. The van der Waals surface area contributed by atoms with Gasteiger partial charge in [0, 0.05) is 19.1 Å². The van der Waals surface area contributed by atoms with Gasteiger partial charge in [-0.25, -0.2) is 4.79 Å². The zero-order valence-electron chi connectivity index (χ0n) is 8.94. The molecular formula is C11H13ClN2O2. The van der Waals surface area contributed by atoms with E-state index in [1.54, 1.807) is 18.2 Å². The Labute approximate surface area is 98.9 Å². The van der Waals surface area contributed by atoms with Crippen LogP contribution in [-0.4, -0.2) is 32.2 Å². The first kappa shape index (κ1) is 11.2. The number of nitrogens with zero attached hydrogens (tertiary/aromatic N) is 1. The largest absolute Gasteiger partial charge is 0.465 e. The van der Waals surface area contributed by atoms with Gasteiger partial charge in [-0.1, -0.05) is 11.6 Å². The van der Waals surface area contributed by atoms with Gasteiger partial charge in [0.05, 0.1) is 23.4 Å². The van der Waals surface area contributed by atoms with Crippen LogP contribution in [0.3, 0.4) is 0 Å². The average molecular weight is 241 g/mol. The SMILES string of the molecule is COC(=O)c1ccc(Cl)c(N2CC(N)C2)c1. The Bertz CT molecular complexity index is 416. The number of ether oxygens (including phenoxy) is 1. The van der Waals surface area contributed by atoms with E-state index in [0.29, 0.717) is 10.6 Å². The summed E-state index contributed by atoms with van der Waals surface area (Å²) in [5, 5.41) is 0.625. The molecule has 0 unspecified atom stereocenters. The van der Waals surface area contributed by atoms with Crippen molar-refractivity contribution in [3.63, 3.8) is 0 Å². The van der Waals surface area contributed by atoms with Crippen LogP contribution in [0.1, 0.15) is 10.4 Å². The summed E-state index contributed by atoms with van der Waals surface area (Å²) in [6, 6.07) is 5.28. The molecule has 0 atom stereocenters. The van der Waals surface area contributed by atoms with Crippen molar-refractivity contribution in [3.05, 3.63) is 28.8 Å². The van der Waals surface area contributed by atoms with Gasteiger partial charge in [0.25, 0.3) is 0 Å². The number of carbonyl (C=O) groups excluding carboxylic acids is 1. The molecule has 0 spiro atoms. The molecule has 1 saturated heterocycles. The monoisotopic (exact) mass is 240 g/mol. The molecule has 0 saturated carbocycles. The summed E-state index contributed by atoms with van der Waals surface area (Å²) in [4.78, 5) is 13.4. The Morgan fingerprint density at radius 1 is 1.56 bits per heavy atom. The molecule has 0 aromatic heterocycles. The summed E-state index contributed by atoms with van der Waals surface area (Å²) in [7, 11) is 1.36. The van der Waals surface area contributed by atoms with E-state index in [0.717, 1.165) is 18.8 Å². The summed E-state index contributed by atoms with van der Waals surface area (Å²) in [6.45, 7) is 1.54. The molecule has 86 valence electrons. The fraction of sp³-hybridized carbons (Fsp3) is 0.364. The standard InChI is InChI=1S/C11H13ClN2O2/c1-16-11(15)7-2-3-9(12)10(4-7)14-5-8(13)6-14/h2-4,8H,5-6,13H2,1H3. The lowest BCUT2D eigenvalue weighted by Gasteiger charge is -2.39. The second-order valence-electron chi connectivity index (χ2n) is 3.82. The van der Waals surface area contributed by atoms with Crippen LogP contribution in [-0.2, 0) is 4.74 Å².